The SMILES string of the molecule is CC(C)(C#N)c1ccccc1-c1ccccc1. The molecule has 0 aliphatic rings. The van der Waals surface area contributed by atoms with E-state index in [1.54, 1.807) is 0 Å². The van der Waals surface area contributed by atoms with Crippen molar-refractivity contribution in [2.75, 3.05) is 0 Å². The number of benzene rings is 2. The molecule has 1 heteroatoms. The zero-order chi connectivity index (χ0) is 12.3. The molecule has 0 atom stereocenters. The standard InChI is InChI=1S/C16H15N/c1-16(2,12-17)15-11-7-6-10-14(15)13-8-4-3-5-9-13/h3-11H,1-2H3. The minimum atomic E-state index is -0.466. The van der Waals surface area contributed by atoms with Gasteiger partial charge in [-0.2, -0.15) is 5.26 Å². The third kappa shape index (κ3) is 2.21. The molecule has 0 bridgehead atoms. The molecule has 2 aromatic rings. The zero-order valence-corrected chi connectivity index (χ0v) is 10.1. The molecule has 2 rings (SSSR count). The van der Waals surface area contributed by atoms with Crippen molar-refractivity contribution in [1.29, 1.82) is 5.26 Å². The highest BCUT2D eigenvalue weighted by Gasteiger charge is 2.22. The summed E-state index contributed by atoms with van der Waals surface area (Å²) in [5, 5.41) is 9.27. The molecule has 17 heavy (non-hydrogen) atoms. The third-order valence-electron chi connectivity index (χ3n) is 2.96. The van der Waals surface area contributed by atoms with Crippen LogP contribution in [0.1, 0.15) is 19.4 Å². The maximum Gasteiger partial charge on any atom is 0.0772 e. The van der Waals surface area contributed by atoms with Gasteiger partial charge in [-0.25, -0.2) is 0 Å². The Kier molecular flexibility index (Phi) is 2.97. The van der Waals surface area contributed by atoms with Crippen LogP contribution in [0.4, 0.5) is 0 Å². The molecule has 1 nitrogen and oxygen atoms in total. The minimum absolute atomic E-state index is 0.466. The Morgan fingerprint density at radius 2 is 1.47 bits per heavy atom. The van der Waals surface area contributed by atoms with Gasteiger partial charge in [0.1, 0.15) is 0 Å². The lowest BCUT2D eigenvalue weighted by Gasteiger charge is -2.20. The Labute approximate surface area is 102 Å². The average Bonchev–Trinajstić information content (AvgIpc) is 2.40. The lowest BCUT2D eigenvalue weighted by Crippen LogP contribution is -2.15. The second kappa shape index (κ2) is 4.43. The van der Waals surface area contributed by atoms with Crippen LogP contribution in [-0.4, -0.2) is 0 Å². The molecule has 0 radical (unpaired) electrons. The number of nitriles is 1. The summed E-state index contributed by atoms with van der Waals surface area (Å²) in [5.74, 6) is 0. The van der Waals surface area contributed by atoms with Crippen molar-refractivity contribution in [2.24, 2.45) is 0 Å². The fraction of sp³-hybridized carbons (Fsp3) is 0.188. The van der Waals surface area contributed by atoms with E-state index in [0.29, 0.717) is 0 Å². The molecule has 2 aromatic carbocycles. The van der Waals surface area contributed by atoms with Gasteiger partial charge in [0, 0.05) is 0 Å². The van der Waals surface area contributed by atoms with Crippen molar-refractivity contribution in [1.82, 2.24) is 0 Å². The first kappa shape index (κ1) is 11.4. The first-order chi connectivity index (χ1) is 8.15. The number of hydrogen-bond donors (Lipinski definition) is 0. The number of rotatable bonds is 2. The molecule has 0 saturated carbocycles. The van der Waals surface area contributed by atoms with Crippen molar-refractivity contribution >= 4 is 0 Å². The molecular weight excluding hydrogens is 206 g/mol. The van der Waals surface area contributed by atoms with Crippen LogP contribution in [0.15, 0.2) is 54.6 Å². The van der Waals surface area contributed by atoms with Gasteiger partial charge in [0.2, 0.25) is 0 Å². The Bertz CT molecular complexity index is 547. The second-order valence-corrected chi connectivity index (χ2v) is 4.65. The fourth-order valence-corrected chi connectivity index (χ4v) is 1.96. The predicted molar refractivity (Wildman–Crippen MR) is 70.5 cm³/mol. The average molecular weight is 221 g/mol. The van der Waals surface area contributed by atoms with E-state index >= 15 is 0 Å². The first-order valence-electron chi connectivity index (χ1n) is 5.71. The van der Waals surface area contributed by atoms with Crippen LogP contribution in [-0.2, 0) is 5.41 Å². The largest absolute Gasteiger partial charge is 0.197 e. The normalized spacial score (nSPS) is 10.9. The van der Waals surface area contributed by atoms with Gasteiger partial charge in [-0.05, 0) is 30.5 Å². The molecule has 0 saturated heterocycles. The molecule has 0 aromatic heterocycles. The van der Waals surface area contributed by atoms with E-state index in [1.165, 1.54) is 0 Å². The van der Waals surface area contributed by atoms with Gasteiger partial charge >= 0.3 is 0 Å². The monoisotopic (exact) mass is 221 g/mol. The molecule has 0 amide bonds. The fourth-order valence-electron chi connectivity index (χ4n) is 1.96. The smallest absolute Gasteiger partial charge is 0.0772 e. The Morgan fingerprint density at radius 1 is 0.882 bits per heavy atom. The summed E-state index contributed by atoms with van der Waals surface area (Å²) in [6, 6.07) is 20.7. The van der Waals surface area contributed by atoms with Crippen LogP contribution in [0.3, 0.4) is 0 Å². The van der Waals surface area contributed by atoms with E-state index in [2.05, 4.69) is 24.3 Å². The third-order valence-corrected chi connectivity index (χ3v) is 2.96. The number of hydrogen-bond acceptors (Lipinski definition) is 1. The van der Waals surface area contributed by atoms with Gasteiger partial charge in [-0.15, -0.1) is 0 Å². The highest BCUT2D eigenvalue weighted by atomic mass is 14.3. The maximum atomic E-state index is 9.27. The molecule has 0 unspecified atom stereocenters. The summed E-state index contributed by atoms with van der Waals surface area (Å²) in [7, 11) is 0. The number of nitrogens with zero attached hydrogens (tertiary/aromatic N) is 1. The van der Waals surface area contributed by atoms with Crippen molar-refractivity contribution in [3.63, 3.8) is 0 Å². The second-order valence-electron chi connectivity index (χ2n) is 4.65. The Balaban J connectivity index is 2.61. The highest BCUT2D eigenvalue weighted by Crippen LogP contribution is 2.32. The lowest BCUT2D eigenvalue weighted by molar-refractivity contribution is 0.689. The highest BCUT2D eigenvalue weighted by molar-refractivity contribution is 5.69. The Morgan fingerprint density at radius 3 is 2.12 bits per heavy atom. The molecule has 0 aliphatic carbocycles. The van der Waals surface area contributed by atoms with Crippen molar-refractivity contribution < 1.29 is 0 Å². The molecule has 0 N–H and O–H groups in total. The Hall–Kier alpha value is -2.07. The van der Waals surface area contributed by atoms with Crippen LogP contribution in [0.2, 0.25) is 0 Å². The van der Waals surface area contributed by atoms with Gasteiger partial charge in [0.15, 0.2) is 0 Å². The summed E-state index contributed by atoms with van der Waals surface area (Å²) in [6.07, 6.45) is 0. The van der Waals surface area contributed by atoms with E-state index in [1.807, 2.05) is 50.2 Å². The van der Waals surface area contributed by atoms with Gasteiger partial charge < -0.3 is 0 Å². The van der Waals surface area contributed by atoms with Crippen LogP contribution in [0, 0.1) is 11.3 Å². The molecular formula is C16H15N. The minimum Gasteiger partial charge on any atom is -0.197 e. The summed E-state index contributed by atoms with van der Waals surface area (Å²) < 4.78 is 0. The quantitative estimate of drug-likeness (QED) is 0.747. The van der Waals surface area contributed by atoms with Crippen LogP contribution < -0.4 is 0 Å². The van der Waals surface area contributed by atoms with Crippen LogP contribution in [0.5, 0.6) is 0 Å². The van der Waals surface area contributed by atoms with Crippen molar-refractivity contribution in [3.05, 3.63) is 60.2 Å². The maximum absolute atomic E-state index is 9.27. The lowest BCUT2D eigenvalue weighted by atomic mass is 9.81. The van der Waals surface area contributed by atoms with Crippen molar-refractivity contribution in [3.8, 4) is 17.2 Å². The molecule has 0 spiro atoms. The molecule has 0 heterocycles. The molecule has 0 fully saturated rings. The predicted octanol–water partition coefficient (Wildman–Crippen LogP) is 4.15. The zero-order valence-electron chi connectivity index (χ0n) is 10.1. The van der Waals surface area contributed by atoms with Gasteiger partial charge in [-0.1, -0.05) is 54.6 Å². The van der Waals surface area contributed by atoms with E-state index in [-0.39, 0.29) is 0 Å². The van der Waals surface area contributed by atoms with Crippen LogP contribution >= 0.6 is 0 Å². The van der Waals surface area contributed by atoms with E-state index in [0.717, 1.165) is 16.7 Å². The summed E-state index contributed by atoms with van der Waals surface area (Å²) >= 11 is 0. The summed E-state index contributed by atoms with van der Waals surface area (Å²) in [4.78, 5) is 0. The summed E-state index contributed by atoms with van der Waals surface area (Å²) in [5.41, 5.74) is 2.91. The summed E-state index contributed by atoms with van der Waals surface area (Å²) in [6.45, 7) is 3.91. The molecule has 84 valence electrons. The topological polar surface area (TPSA) is 23.8 Å². The van der Waals surface area contributed by atoms with E-state index in [4.69, 9.17) is 0 Å². The van der Waals surface area contributed by atoms with E-state index in [9.17, 15) is 5.26 Å². The van der Waals surface area contributed by atoms with Crippen LogP contribution in [0.25, 0.3) is 11.1 Å². The molecule has 0 aliphatic heterocycles. The van der Waals surface area contributed by atoms with Gasteiger partial charge in [-0.3, -0.25) is 0 Å². The van der Waals surface area contributed by atoms with Gasteiger partial charge in [0.25, 0.3) is 0 Å². The van der Waals surface area contributed by atoms with Gasteiger partial charge in [0.05, 0.1) is 11.5 Å². The first-order valence-corrected chi connectivity index (χ1v) is 5.71. The van der Waals surface area contributed by atoms with Crippen molar-refractivity contribution in [2.45, 2.75) is 19.3 Å². The van der Waals surface area contributed by atoms with E-state index < -0.39 is 5.41 Å².